The van der Waals surface area contributed by atoms with E-state index < -0.39 is 0 Å². The quantitative estimate of drug-likeness (QED) is 0.140. The molecule has 35 heavy (non-hydrogen) atoms. The van der Waals surface area contributed by atoms with Gasteiger partial charge in [-0.25, -0.2) is 0 Å². The Bertz CT molecular complexity index is 834. The van der Waals surface area contributed by atoms with Crippen LogP contribution in [0.3, 0.4) is 0 Å². The summed E-state index contributed by atoms with van der Waals surface area (Å²) in [5, 5.41) is 3.14. The van der Waals surface area contributed by atoms with E-state index in [9.17, 15) is 4.79 Å². The maximum atomic E-state index is 12.5. The minimum Gasteiger partial charge on any atom is -0.342 e. The van der Waals surface area contributed by atoms with Crippen molar-refractivity contribution in [1.29, 1.82) is 0 Å². The molecule has 0 heterocycles. The molecule has 2 aromatic carbocycles. The summed E-state index contributed by atoms with van der Waals surface area (Å²) in [6, 6.07) is 20.7. The first kappa shape index (κ1) is 28.4. The minimum absolute atomic E-state index is 0.0322. The molecule has 0 radical (unpaired) electrons. The summed E-state index contributed by atoms with van der Waals surface area (Å²) in [6.07, 6.45) is 21.1. The Balaban J connectivity index is 1.61. The van der Waals surface area contributed by atoms with Crippen LogP contribution in [-0.4, -0.2) is 11.9 Å². The van der Waals surface area contributed by atoms with Gasteiger partial charge in [0.15, 0.2) is 0 Å². The molecule has 0 unspecified atom stereocenters. The Kier molecular flexibility index (Phi) is 15.9. The van der Waals surface area contributed by atoms with E-state index in [0.29, 0.717) is 0 Å². The highest BCUT2D eigenvalue weighted by Crippen LogP contribution is 2.10. The van der Waals surface area contributed by atoms with Crippen LogP contribution in [0.2, 0.25) is 0 Å². The van der Waals surface area contributed by atoms with Gasteiger partial charge in [-0.3, -0.25) is 4.79 Å². The normalized spacial score (nSPS) is 10.9. The van der Waals surface area contributed by atoms with Crippen LogP contribution < -0.4 is 5.32 Å². The van der Waals surface area contributed by atoms with Crippen molar-refractivity contribution in [2.24, 2.45) is 0 Å². The van der Waals surface area contributed by atoms with Gasteiger partial charge in [0.25, 0.3) is 5.91 Å². The Labute approximate surface area is 214 Å². The number of carbonyl (C=O) groups excluding carboxylic acids is 1. The van der Waals surface area contributed by atoms with E-state index >= 15 is 0 Å². The van der Waals surface area contributed by atoms with E-state index in [1.165, 1.54) is 68.9 Å². The zero-order valence-electron chi connectivity index (χ0n) is 21.8. The monoisotopic (exact) mass is 471 g/mol. The molecule has 2 heteroatoms. The summed E-state index contributed by atoms with van der Waals surface area (Å²) in [5.74, 6) is 5.72. The van der Waals surface area contributed by atoms with Crippen LogP contribution in [0.5, 0.6) is 0 Å². The lowest BCUT2D eigenvalue weighted by Gasteiger charge is -2.17. The van der Waals surface area contributed by atoms with Gasteiger partial charge in [0.2, 0.25) is 0 Å². The van der Waals surface area contributed by atoms with Crippen LogP contribution in [0.1, 0.15) is 95.1 Å². The zero-order valence-corrected chi connectivity index (χ0v) is 21.8. The average molecular weight is 472 g/mol. The molecule has 0 bridgehead atoms. The third-order valence-electron chi connectivity index (χ3n) is 6.25. The van der Waals surface area contributed by atoms with Crippen LogP contribution in [0.4, 0.5) is 0 Å². The molecule has 0 saturated heterocycles. The van der Waals surface area contributed by atoms with Gasteiger partial charge in [0.05, 0.1) is 0 Å². The van der Waals surface area contributed by atoms with E-state index in [-0.39, 0.29) is 11.9 Å². The summed E-state index contributed by atoms with van der Waals surface area (Å²) in [6.45, 7) is 2.27. The van der Waals surface area contributed by atoms with Crippen LogP contribution in [0.25, 0.3) is 0 Å². The molecule has 1 N–H and O–H groups in total. The number of nitrogens with one attached hydrogen (secondary N) is 1. The first-order valence-corrected chi connectivity index (χ1v) is 13.8. The lowest BCUT2D eigenvalue weighted by atomic mass is 9.99. The Morgan fingerprint density at radius 1 is 0.743 bits per heavy atom. The second-order valence-corrected chi connectivity index (χ2v) is 9.48. The summed E-state index contributed by atoms with van der Waals surface area (Å²) < 4.78 is 0. The molecule has 0 atom stereocenters. The summed E-state index contributed by atoms with van der Waals surface area (Å²) in [7, 11) is 0. The second-order valence-electron chi connectivity index (χ2n) is 9.48. The molecule has 188 valence electrons. The van der Waals surface area contributed by atoms with Gasteiger partial charge < -0.3 is 5.32 Å². The minimum atomic E-state index is -0.167. The lowest BCUT2D eigenvalue weighted by molar-refractivity contribution is -0.116. The molecule has 2 aromatic rings. The lowest BCUT2D eigenvalue weighted by Crippen LogP contribution is -2.37. The third-order valence-corrected chi connectivity index (χ3v) is 6.25. The van der Waals surface area contributed by atoms with E-state index in [1.54, 1.807) is 0 Å². The molecule has 0 aliphatic heterocycles. The number of unbranched alkanes of at least 4 members (excludes halogenated alkanes) is 10. The number of hydrogen-bond acceptors (Lipinski definition) is 1. The highest BCUT2D eigenvalue weighted by Gasteiger charge is 2.13. The van der Waals surface area contributed by atoms with Gasteiger partial charge in [-0.05, 0) is 62.0 Å². The SMILES string of the molecule is CCCCCCCCC=CCCCCCC#CC(=O)NC(Cc1ccccc1)Cc1ccccc1. The molecular weight excluding hydrogens is 426 g/mol. The topological polar surface area (TPSA) is 29.1 Å². The van der Waals surface area contributed by atoms with Crippen molar-refractivity contribution >= 4 is 5.91 Å². The van der Waals surface area contributed by atoms with Crippen molar-refractivity contribution in [3.63, 3.8) is 0 Å². The molecule has 2 nitrogen and oxygen atoms in total. The molecule has 0 aliphatic rings. The van der Waals surface area contributed by atoms with Gasteiger partial charge in [-0.15, -0.1) is 0 Å². The summed E-state index contributed by atoms with van der Waals surface area (Å²) >= 11 is 0. The fourth-order valence-corrected chi connectivity index (χ4v) is 4.27. The van der Waals surface area contributed by atoms with Gasteiger partial charge in [-0.1, -0.05) is 124 Å². The number of carbonyl (C=O) groups is 1. The van der Waals surface area contributed by atoms with E-state index in [0.717, 1.165) is 32.1 Å². The molecule has 1 amide bonds. The maximum Gasteiger partial charge on any atom is 0.296 e. The van der Waals surface area contributed by atoms with Crippen LogP contribution in [-0.2, 0) is 17.6 Å². The summed E-state index contributed by atoms with van der Waals surface area (Å²) in [4.78, 5) is 12.5. The highest BCUT2D eigenvalue weighted by atomic mass is 16.1. The van der Waals surface area contributed by atoms with Crippen molar-refractivity contribution < 1.29 is 4.79 Å². The predicted molar refractivity (Wildman–Crippen MR) is 150 cm³/mol. The second kappa shape index (κ2) is 19.5. The first-order chi connectivity index (χ1) is 17.3. The van der Waals surface area contributed by atoms with Crippen molar-refractivity contribution in [3.05, 3.63) is 83.9 Å². The van der Waals surface area contributed by atoms with E-state index in [2.05, 4.69) is 60.5 Å². The average Bonchev–Trinajstić information content (AvgIpc) is 2.87. The zero-order chi connectivity index (χ0) is 24.8. The predicted octanol–water partition coefficient (Wildman–Crippen LogP) is 8.22. The number of hydrogen-bond donors (Lipinski definition) is 1. The number of allylic oxidation sites excluding steroid dienone is 2. The Hall–Kier alpha value is -2.79. The molecule has 0 aromatic heterocycles. The molecule has 0 aliphatic carbocycles. The van der Waals surface area contributed by atoms with Crippen molar-refractivity contribution in [3.8, 4) is 11.8 Å². The van der Waals surface area contributed by atoms with Crippen LogP contribution >= 0.6 is 0 Å². The smallest absolute Gasteiger partial charge is 0.296 e. The fraction of sp³-hybridized carbons (Fsp3) is 0.485. The standard InChI is InChI=1S/C33H45NO/c1-2-3-4-5-6-7-8-9-10-11-12-13-14-15-22-27-33(35)34-32(28-30-23-18-16-19-24-30)29-31-25-20-17-21-26-31/h9-10,16-21,23-26,32H,2-8,11-15,28-29H2,1H3,(H,34,35). The fourth-order valence-electron chi connectivity index (χ4n) is 4.27. The Morgan fingerprint density at radius 3 is 1.83 bits per heavy atom. The molecule has 0 saturated carbocycles. The van der Waals surface area contributed by atoms with Gasteiger partial charge in [0, 0.05) is 12.5 Å². The largest absolute Gasteiger partial charge is 0.342 e. The summed E-state index contributed by atoms with van der Waals surface area (Å²) in [5.41, 5.74) is 2.45. The highest BCUT2D eigenvalue weighted by molar-refractivity contribution is 5.93. The van der Waals surface area contributed by atoms with E-state index in [4.69, 9.17) is 0 Å². The Morgan fingerprint density at radius 2 is 1.26 bits per heavy atom. The number of amides is 1. The van der Waals surface area contributed by atoms with Crippen molar-refractivity contribution in [2.45, 2.75) is 103 Å². The molecule has 0 spiro atoms. The number of rotatable bonds is 17. The maximum absolute atomic E-state index is 12.5. The number of benzene rings is 2. The van der Waals surface area contributed by atoms with E-state index in [1.807, 2.05) is 36.4 Å². The van der Waals surface area contributed by atoms with Gasteiger partial charge >= 0.3 is 0 Å². The van der Waals surface area contributed by atoms with Crippen LogP contribution in [0.15, 0.2) is 72.8 Å². The van der Waals surface area contributed by atoms with Crippen molar-refractivity contribution in [1.82, 2.24) is 5.32 Å². The van der Waals surface area contributed by atoms with Crippen LogP contribution in [0, 0.1) is 11.8 Å². The van der Waals surface area contributed by atoms with Gasteiger partial charge in [0.1, 0.15) is 0 Å². The third kappa shape index (κ3) is 14.9. The molecule has 0 fully saturated rings. The van der Waals surface area contributed by atoms with Crippen molar-refractivity contribution in [2.75, 3.05) is 0 Å². The molecule has 2 rings (SSSR count). The van der Waals surface area contributed by atoms with Gasteiger partial charge in [-0.2, -0.15) is 0 Å². The molecular formula is C33H45NO. The first-order valence-electron chi connectivity index (χ1n) is 13.8.